The fraction of sp³-hybridized carbons (Fsp3) is 0.533. The second-order valence-corrected chi connectivity index (χ2v) is 5.65. The van der Waals surface area contributed by atoms with E-state index >= 15 is 0 Å². The fourth-order valence-corrected chi connectivity index (χ4v) is 2.99. The molecule has 1 aromatic carbocycles. The molecule has 0 spiro atoms. The van der Waals surface area contributed by atoms with Crippen LogP contribution in [-0.4, -0.2) is 66.2 Å². The van der Waals surface area contributed by atoms with Crippen LogP contribution in [0.1, 0.15) is 6.42 Å². The van der Waals surface area contributed by atoms with Crippen LogP contribution < -0.4 is 10.6 Å². The Balaban J connectivity index is 1.49. The Morgan fingerprint density at radius 3 is 2.52 bits per heavy atom. The molecule has 2 heterocycles. The van der Waals surface area contributed by atoms with Crippen LogP contribution >= 0.6 is 0 Å². The molecule has 21 heavy (non-hydrogen) atoms. The van der Waals surface area contributed by atoms with Gasteiger partial charge in [-0.25, -0.2) is 4.79 Å². The highest BCUT2D eigenvalue weighted by atomic mass is 16.3. The molecule has 0 aliphatic carbocycles. The number of phenolic OH excluding ortho intramolecular Hbond substituents is 1. The van der Waals surface area contributed by atoms with Crippen molar-refractivity contribution in [2.24, 2.45) is 0 Å². The van der Waals surface area contributed by atoms with Gasteiger partial charge in [0.25, 0.3) is 0 Å². The normalized spacial score (nSPS) is 23.2. The molecule has 114 valence electrons. The monoisotopic (exact) mass is 290 g/mol. The molecule has 1 aromatic rings. The third-order valence-electron chi connectivity index (χ3n) is 4.27. The molecule has 1 unspecified atom stereocenters. The van der Waals surface area contributed by atoms with E-state index in [2.05, 4.69) is 15.5 Å². The zero-order chi connectivity index (χ0) is 14.7. The summed E-state index contributed by atoms with van der Waals surface area (Å²) in [7, 11) is 0. The van der Waals surface area contributed by atoms with E-state index in [4.69, 9.17) is 0 Å². The topological polar surface area (TPSA) is 67.8 Å². The van der Waals surface area contributed by atoms with Crippen molar-refractivity contribution in [1.82, 2.24) is 15.1 Å². The number of nitrogens with zero attached hydrogens (tertiary/aromatic N) is 2. The van der Waals surface area contributed by atoms with Gasteiger partial charge in [0.15, 0.2) is 0 Å². The van der Waals surface area contributed by atoms with Gasteiger partial charge in [-0.15, -0.1) is 0 Å². The number of aromatic hydroxyl groups is 1. The van der Waals surface area contributed by atoms with E-state index in [1.807, 2.05) is 4.90 Å². The molecule has 0 radical (unpaired) electrons. The zero-order valence-corrected chi connectivity index (χ0v) is 12.1. The number of anilines is 1. The standard InChI is InChI=1S/C15H22N4O2/c20-14-3-1-12(2-4-14)17-15(21)19-9-7-18(8-10-19)13-5-6-16-11-13/h1-4,13,16,20H,5-11H2,(H,17,21). The fourth-order valence-electron chi connectivity index (χ4n) is 2.99. The molecule has 2 saturated heterocycles. The van der Waals surface area contributed by atoms with Gasteiger partial charge in [0.05, 0.1) is 0 Å². The van der Waals surface area contributed by atoms with Crippen molar-refractivity contribution in [2.45, 2.75) is 12.5 Å². The van der Waals surface area contributed by atoms with Crippen LogP contribution in [0.25, 0.3) is 0 Å². The molecule has 3 N–H and O–H groups in total. The molecule has 6 nitrogen and oxygen atoms in total. The van der Waals surface area contributed by atoms with Crippen LogP contribution in [0.5, 0.6) is 5.75 Å². The van der Waals surface area contributed by atoms with Gasteiger partial charge in [0, 0.05) is 44.5 Å². The summed E-state index contributed by atoms with van der Waals surface area (Å²) in [6.45, 7) is 5.58. The number of hydrogen-bond donors (Lipinski definition) is 3. The number of amides is 2. The Kier molecular flexibility index (Phi) is 4.26. The van der Waals surface area contributed by atoms with Gasteiger partial charge in [-0.05, 0) is 37.2 Å². The number of benzene rings is 1. The van der Waals surface area contributed by atoms with Crippen molar-refractivity contribution in [1.29, 1.82) is 0 Å². The maximum absolute atomic E-state index is 12.2. The summed E-state index contributed by atoms with van der Waals surface area (Å²) in [6, 6.07) is 7.11. The first-order valence-electron chi connectivity index (χ1n) is 7.52. The molecule has 2 fully saturated rings. The third-order valence-corrected chi connectivity index (χ3v) is 4.27. The highest BCUT2D eigenvalue weighted by Crippen LogP contribution is 2.16. The van der Waals surface area contributed by atoms with Crippen molar-refractivity contribution in [3.05, 3.63) is 24.3 Å². The molecular weight excluding hydrogens is 268 g/mol. The Bertz CT molecular complexity index is 477. The summed E-state index contributed by atoms with van der Waals surface area (Å²) < 4.78 is 0. The van der Waals surface area contributed by atoms with E-state index in [1.54, 1.807) is 24.3 Å². The molecule has 2 amide bonds. The van der Waals surface area contributed by atoms with Gasteiger partial charge in [-0.3, -0.25) is 4.90 Å². The lowest BCUT2D eigenvalue weighted by Crippen LogP contribution is -2.53. The average molecular weight is 290 g/mol. The van der Waals surface area contributed by atoms with Crippen LogP contribution in [0.15, 0.2) is 24.3 Å². The number of piperazine rings is 1. The zero-order valence-electron chi connectivity index (χ0n) is 12.1. The molecule has 3 rings (SSSR count). The Morgan fingerprint density at radius 2 is 1.90 bits per heavy atom. The Labute approximate surface area is 124 Å². The maximum atomic E-state index is 12.2. The van der Waals surface area contributed by atoms with Crippen molar-refractivity contribution in [3.63, 3.8) is 0 Å². The molecule has 0 aromatic heterocycles. The second-order valence-electron chi connectivity index (χ2n) is 5.65. The number of carbonyl (C=O) groups is 1. The molecule has 2 aliphatic heterocycles. The lowest BCUT2D eigenvalue weighted by molar-refractivity contribution is 0.119. The smallest absolute Gasteiger partial charge is 0.321 e. The van der Waals surface area contributed by atoms with E-state index in [0.29, 0.717) is 11.7 Å². The van der Waals surface area contributed by atoms with Gasteiger partial charge in [-0.1, -0.05) is 0 Å². The van der Waals surface area contributed by atoms with Crippen LogP contribution in [-0.2, 0) is 0 Å². The number of phenols is 1. The molecule has 1 atom stereocenters. The summed E-state index contributed by atoms with van der Waals surface area (Å²) in [5.41, 5.74) is 0.709. The average Bonchev–Trinajstić information content (AvgIpc) is 3.04. The SMILES string of the molecule is O=C(Nc1ccc(O)cc1)N1CCN(C2CCNC2)CC1. The summed E-state index contributed by atoms with van der Waals surface area (Å²) >= 11 is 0. The van der Waals surface area contributed by atoms with Crippen LogP contribution in [0.3, 0.4) is 0 Å². The van der Waals surface area contributed by atoms with Crippen LogP contribution in [0, 0.1) is 0 Å². The van der Waals surface area contributed by atoms with Gasteiger partial charge in [-0.2, -0.15) is 0 Å². The molecule has 2 aliphatic rings. The van der Waals surface area contributed by atoms with Gasteiger partial charge in [0.2, 0.25) is 0 Å². The summed E-state index contributed by atoms with van der Waals surface area (Å²) in [6.07, 6.45) is 1.21. The second kappa shape index (κ2) is 6.32. The number of rotatable bonds is 2. The van der Waals surface area contributed by atoms with Gasteiger partial charge in [0.1, 0.15) is 5.75 Å². The lowest BCUT2D eigenvalue weighted by atomic mass is 10.2. The highest BCUT2D eigenvalue weighted by Gasteiger charge is 2.27. The predicted molar refractivity (Wildman–Crippen MR) is 81.5 cm³/mol. The highest BCUT2D eigenvalue weighted by molar-refractivity contribution is 5.89. The first-order valence-corrected chi connectivity index (χ1v) is 7.52. The minimum absolute atomic E-state index is 0.0649. The van der Waals surface area contributed by atoms with Crippen molar-refractivity contribution in [2.75, 3.05) is 44.6 Å². The number of hydrogen-bond acceptors (Lipinski definition) is 4. The molecular formula is C15H22N4O2. The van der Waals surface area contributed by atoms with E-state index in [-0.39, 0.29) is 11.8 Å². The Morgan fingerprint density at radius 1 is 1.19 bits per heavy atom. The molecule has 0 saturated carbocycles. The minimum atomic E-state index is -0.0649. The Hall–Kier alpha value is -1.79. The van der Waals surface area contributed by atoms with Crippen molar-refractivity contribution < 1.29 is 9.90 Å². The number of carbonyl (C=O) groups excluding carboxylic acids is 1. The predicted octanol–water partition coefficient (Wildman–Crippen LogP) is 0.904. The lowest BCUT2D eigenvalue weighted by Gasteiger charge is -2.37. The van der Waals surface area contributed by atoms with E-state index < -0.39 is 0 Å². The van der Waals surface area contributed by atoms with E-state index in [0.717, 1.165) is 39.3 Å². The van der Waals surface area contributed by atoms with Gasteiger partial charge >= 0.3 is 6.03 Å². The third kappa shape index (κ3) is 3.46. The van der Waals surface area contributed by atoms with Gasteiger partial charge < -0.3 is 20.6 Å². The molecule has 0 bridgehead atoms. The van der Waals surface area contributed by atoms with Crippen LogP contribution in [0.2, 0.25) is 0 Å². The first-order chi connectivity index (χ1) is 10.2. The van der Waals surface area contributed by atoms with E-state index in [9.17, 15) is 9.90 Å². The summed E-state index contributed by atoms with van der Waals surface area (Å²) in [5.74, 6) is 0.201. The molecule has 6 heteroatoms. The van der Waals surface area contributed by atoms with Crippen molar-refractivity contribution in [3.8, 4) is 5.75 Å². The quantitative estimate of drug-likeness (QED) is 0.708. The van der Waals surface area contributed by atoms with Crippen molar-refractivity contribution >= 4 is 11.7 Å². The number of urea groups is 1. The van der Waals surface area contributed by atoms with E-state index in [1.165, 1.54) is 6.42 Å². The summed E-state index contributed by atoms with van der Waals surface area (Å²) in [5, 5.41) is 15.5. The largest absolute Gasteiger partial charge is 0.508 e. The first kappa shape index (κ1) is 14.2. The number of nitrogens with one attached hydrogen (secondary N) is 2. The summed E-state index contributed by atoms with van der Waals surface area (Å²) in [4.78, 5) is 16.5. The minimum Gasteiger partial charge on any atom is -0.508 e. The van der Waals surface area contributed by atoms with Crippen LogP contribution in [0.4, 0.5) is 10.5 Å². The maximum Gasteiger partial charge on any atom is 0.321 e.